The van der Waals surface area contributed by atoms with Crippen LogP contribution in [0.5, 0.6) is 0 Å². The van der Waals surface area contributed by atoms with Crippen LogP contribution in [0.2, 0.25) is 0 Å². The van der Waals surface area contributed by atoms with Crippen molar-refractivity contribution in [1.29, 1.82) is 0 Å². The lowest BCUT2D eigenvalue weighted by molar-refractivity contribution is -0.144. The van der Waals surface area contributed by atoms with Crippen molar-refractivity contribution >= 4 is 5.97 Å². The normalized spacial score (nSPS) is 43.3. The summed E-state index contributed by atoms with van der Waals surface area (Å²) in [6.45, 7) is 10.4. The highest BCUT2D eigenvalue weighted by Crippen LogP contribution is 2.68. The maximum atomic E-state index is 12.3. The van der Waals surface area contributed by atoms with E-state index in [0.717, 1.165) is 55.3 Å². The van der Waals surface area contributed by atoms with Gasteiger partial charge in [-0.2, -0.15) is 0 Å². The van der Waals surface area contributed by atoms with Gasteiger partial charge in [0.15, 0.2) is 0 Å². The van der Waals surface area contributed by atoms with Crippen LogP contribution in [0.15, 0.2) is 0 Å². The van der Waals surface area contributed by atoms with E-state index in [9.17, 15) is 9.90 Å². The van der Waals surface area contributed by atoms with E-state index in [1.165, 1.54) is 64.2 Å². The van der Waals surface area contributed by atoms with Crippen LogP contribution in [0.4, 0.5) is 0 Å². The van der Waals surface area contributed by atoms with Gasteiger partial charge in [-0.05, 0) is 117 Å². The highest BCUT2D eigenvalue weighted by molar-refractivity contribution is 5.69. The average molecular weight is 461 g/mol. The number of ether oxygens (including phenoxy) is 1. The molecular weight excluding hydrogens is 408 g/mol. The largest absolute Gasteiger partial charge is 0.466 e. The zero-order valence-corrected chi connectivity index (χ0v) is 22.1. The molecule has 190 valence electrons. The number of aliphatic hydroxyl groups is 1. The molecule has 3 nitrogen and oxygen atoms in total. The monoisotopic (exact) mass is 460 g/mol. The molecule has 0 aromatic heterocycles. The molecule has 4 aliphatic rings. The third kappa shape index (κ3) is 5.05. The lowest BCUT2D eigenvalue weighted by atomic mass is 9.44. The van der Waals surface area contributed by atoms with Gasteiger partial charge in [-0.25, -0.2) is 0 Å². The topological polar surface area (TPSA) is 46.5 Å². The Morgan fingerprint density at radius 1 is 0.970 bits per heavy atom. The minimum Gasteiger partial charge on any atom is -0.466 e. The van der Waals surface area contributed by atoms with Gasteiger partial charge >= 0.3 is 5.97 Å². The third-order valence-corrected chi connectivity index (χ3v) is 11.5. The molecule has 3 heteroatoms. The highest BCUT2D eigenvalue weighted by atomic mass is 16.5. The molecule has 33 heavy (non-hydrogen) atoms. The summed E-state index contributed by atoms with van der Waals surface area (Å²) in [6.07, 6.45) is 17.8. The first-order chi connectivity index (χ1) is 15.8. The maximum Gasteiger partial charge on any atom is 0.305 e. The van der Waals surface area contributed by atoms with Crippen molar-refractivity contribution in [3.63, 3.8) is 0 Å². The van der Waals surface area contributed by atoms with Crippen molar-refractivity contribution < 1.29 is 14.6 Å². The van der Waals surface area contributed by atoms with E-state index in [-0.39, 0.29) is 12.1 Å². The van der Waals surface area contributed by atoms with Crippen molar-refractivity contribution in [2.24, 2.45) is 46.3 Å². The summed E-state index contributed by atoms with van der Waals surface area (Å²) in [5, 5.41) is 10.3. The van der Waals surface area contributed by atoms with Crippen LogP contribution >= 0.6 is 0 Å². The molecule has 0 spiro atoms. The van der Waals surface area contributed by atoms with Gasteiger partial charge in [-0.1, -0.05) is 47.0 Å². The van der Waals surface area contributed by atoms with Crippen LogP contribution < -0.4 is 0 Å². The van der Waals surface area contributed by atoms with E-state index in [4.69, 9.17) is 4.74 Å². The van der Waals surface area contributed by atoms with Crippen molar-refractivity contribution in [3.05, 3.63) is 0 Å². The zero-order chi connectivity index (χ0) is 23.6. The molecule has 0 saturated heterocycles. The molecule has 0 bridgehead atoms. The van der Waals surface area contributed by atoms with Gasteiger partial charge < -0.3 is 9.84 Å². The number of carbonyl (C=O) groups is 1. The Morgan fingerprint density at radius 2 is 1.73 bits per heavy atom. The minimum atomic E-state index is -0.0479. The second-order valence-electron chi connectivity index (χ2n) is 13.1. The van der Waals surface area contributed by atoms with Crippen LogP contribution in [0.3, 0.4) is 0 Å². The summed E-state index contributed by atoms with van der Waals surface area (Å²) in [5.41, 5.74) is 0.927. The van der Waals surface area contributed by atoms with Crippen LogP contribution in [0.1, 0.15) is 124 Å². The molecule has 0 radical (unpaired) electrons. The summed E-state index contributed by atoms with van der Waals surface area (Å²) < 4.78 is 5.52. The Balaban J connectivity index is 1.31. The molecule has 9 atom stereocenters. The molecular formula is C30H52O3. The predicted molar refractivity (Wildman–Crippen MR) is 135 cm³/mol. The maximum absolute atomic E-state index is 12.3. The number of hydrogen-bond acceptors (Lipinski definition) is 3. The van der Waals surface area contributed by atoms with Gasteiger partial charge in [0.2, 0.25) is 0 Å². The van der Waals surface area contributed by atoms with Crippen LogP contribution in [-0.2, 0) is 9.53 Å². The number of rotatable bonds is 9. The van der Waals surface area contributed by atoms with Crippen molar-refractivity contribution in [2.75, 3.05) is 6.61 Å². The number of carbonyl (C=O) groups excluding carboxylic acids is 1. The molecule has 4 rings (SSSR count). The standard InChI is InChI=1S/C30H52O3/c1-5-6-7-8-19-33-28(32)14-9-21(2)25-12-13-26-24-11-10-22-20-23(31)15-17-29(22,3)27(24)16-18-30(25,26)4/h21-27,31H,5-20H2,1-4H3/t21-,22?,23-,24+,25-,26+,27+,29+,30-/m1/s1. The highest BCUT2D eigenvalue weighted by Gasteiger charge is 2.60. The molecule has 1 unspecified atom stereocenters. The summed E-state index contributed by atoms with van der Waals surface area (Å²) in [7, 11) is 0. The number of esters is 1. The fraction of sp³-hybridized carbons (Fsp3) is 0.967. The molecule has 4 saturated carbocycles. The lowest BCUT2D eigenvalue weighted by Gasteiger charge is -2.61. The zero-order valence-electron chi connectivity index (χ0n) is 22.1. The van der Waals surface area contributed by atoms with Gasteiger partial charge in [0.25, 0.3) is 0 Å². The molecule has 4 aliphatic carbocycles. The first-order valence-electron chi connectivity index (χ1n) is 14.6. The van der Waals surface area contributed by atoms with Gasteiger partial charge in [0, 0.05) is 6.42 Å². The van der Waals surface area contributed by atoms with Gasteiger partial charge in [-0.3, -0.25) is 4.79 Å². The van der Waals surface area contributed by atoms with Gasteiger partial charge in [0.1, 0.15) is 0 Å². The number of fused-ring (bicyclic) bond motifs is 5. The smallest absolute Gasteiger partial charge is 0.305 e. The van der Waals surface area contributed by atoms with E-state index in [2.05, 4.69) is 27.7 Å². The summed E-state index contributed by atoms with van der Waals surface area (Å²) in [6, 6.07) is 0. The van der Waals surface area contributed by atoms with Crippen LogP contribution in [0.25, 0.3) is 0 Å². The first-order valence-corrected chi connectivity index (χ1v) is 14.6. The Hall–Kier alpha value is -0.570. The molecule has 4 fully saturated rings. The Labute approximate surface area is 203 Å². The Kier molecular flexibility index (Phi) is 8.19. The molecule has 0 aromatic rings. The Morgan fingerprint density at radius 3 is 2.52 bits per heavy atom. The Bertz CT molecular complexity index is 661. The molecule has 0 amide bonds. The summed E-state index contributed by atoms with van der Waals surface area (Å²) in [5.74, 6) is 4.78. The third-order valence-electron chi connectivity index (χ3n) is 11.5. The van der Waals surface area contributed by atoms with E-state index in [0.29, 0.717) is 29.8 Å². The molecule has 0 heterocycles. The number of unbranched alkanes of at least 4 members (excludes halogenated alkanes) is 3. The number of aliphatic hydroxyl groups excluding tert-OH is 1. The second kappa shape index (κ2) is 10.6. The van der Waals surface area contributed by atoms with Gasteiger partial charge in [-0.15, -0.1) is 0 Å². The SMILES string of the molecule is CCCCCCOC(=O)CC[C@@H](C)[C@H]1CC[C@H]2[C@@H]3CCC4C[C@H](O)CC[C@]4(C)[C@H]3CC[C@]12C. The average Bonchev–Trinajstić information content (AvgIpc) is 3.15. The van der Waals surface area contributed by atoms with Crippen molar-refractivity contribution in [2.45, 2.75) is 130 Å². The van der Waals surface area contributed by atoms with Crippen LogP contribution in [0, 0.1) is 46.3 Å². The fourth-order valence-corrected chi connectivity index (χ4v) is 9.54. The van der Waals surface area contributed by atoms with Crippen molar-refractivity contribution in [1.82, 2.24) is 0 Å². The quantitative estimate of drug-likeness (QED) is 0.285. The predicted octanol–water partition coefficient (Wildman–Crippen LogP) is 7.55. The van der Waals surface area contributed by atoms with Crippen molar-refractivity contribution in [3.8, 4) is 0 Å². The lowest BCUT2D eigenvalue weighted by Crippen LogP contribution is -2.54. The van der Waals surface area contributed by atoms with E-state index >= 15 is 0 Å². The van der Waals surface area contributed by atoms with E-state index in [1.54, 1.807) is 0 Å². The molecule has 1 N–H and O–H groups in total. The summed E-state index contributed by atoms with van der Waals surface area (Å²) >= 11 is 0. The second-order valence-corrected chi connectivity index (χ2v) is 13.1. The van der Waals surface area contributed by atoms with Crippen LogP contribution in [-0.4, -0.2) is 23.8 Å². The summed E-state index contributed by atoms with van der Waals surface area (Å²) in [4.78, 5) is 12.3. The first kappa shape index (κ1) is 25.5. The molecule has 0 aliphatic heterocycles. The van der Waals surface area contributed by atoms with E-state index in [1.807, 2.05) is 0 Å². The fourth-order valence-electron chi connectivity index (χ4n) is 9.54. The molecule has 0 aromatic carbocycles. The number of hydrogen-bond donors (Lipinski definition) is 1. The minimum absolute atomic E-state index is 0.0208. The van der Waals surface area contributed by atoms with E-state index < -0.39 is 0 Å². The van der Waals surface area contributed by atoms with Gasteiger partial charge in [0.05, 0.1) is 12.7 Å².